The second kappa shape index (κ2) is 22.1. The summed E-state index contributed by atoms with van der Waals surface area (Å²) in [6, 6.07) is 22.3. The molecule has 0 saturated carbocycles. The van der Waals surface area contributed by atoms with E-state index in [0.717, 1.165) is 12.1 Å². The fourth-order valence-corrected chi connectivity index (χ4v) is 24.3. The Bertz CT molecular complexity index is 3240. The lowest BCUT2D eigenvalue weighted by Crippen LogP contribution is -2.72. The average Bonchev–Trinajstić information content (AvgIpc) is 1.62. The van der Waals surface area contributed by atoms with Gasteiger partial charge >= 0.3 is 0 Å². The molecule has 0 radical (unpaired) electrons. The van der Waals surface area contributed by atoms with E-state index in [1.54, 1.807) is 83.1 Å². The first-order valence-electron chi connectivity index (χ1n) is 25.3. The molecule has 2 aliphatic heterocycles. The Balaban J connectivity index is 0.000000219. The zero-order chi connectivity index (χ0) is 63.5. The van der Waals surface area contributed by atoms with Crippen LogP contribution in [0.4, 0.5) is 87.8 Å². The highest BCUT2D eigenvalue weighted by molar-refractivity contribution is 7.85. The summed E-state index contributed by atoms with van der Waals surface area (Å²) in [6.45, 7) is 19.6. The minimum atomic E-state index is -4.50. The van der Waals surface area contributed by atoms with Crippen molar-refractivity contribution in [3.05, 3.63) is 201 Å². The van der Waals surface area contributed by atoms with E-state index in [4.69, 9.17) is 8.88 Å². The lowest BCUT2D eigenvalue weighted by Gasteiger charge is -2.49. The van der Waals surface area contributed by atoms with E-state index in [9.17, 15) is 52.7 Å². The molecule has 7 aromatic carbocycles. The monoisotopic (exact) mass is 1240 g/mol. The highest BCUT2D eigenvalue weighted by Crippen LogP contribution is 2.80. The minimum Gasteiger partial charge on any atom is -0.420 e. The van der Waals surface area contributed by atoms with Crippen LogP contribution in [0.25, 0.3) is 0 Å². The quantitative estimate of drug-likeness (QED) is 0.0575. The van der Waals surface area contributed by atoms with E-state index in [1.165, 1.54) is 36.4 Å². The summed E-state index contributed by atoms with van der Waals surface area (Å²) < 4.78 is 311. The molecule has 0 atom stereocenters. The standard InChI is InChI=1S/2C26H22BF10OP.C6H6/c2*1-25(2,3)39(26(4,5)6)12-10-8-7-9-11(12)27(38-39,13-15(28)19(32)23(36)20(33)16(13)29)14-17(30)21(34)24(37)22(35)18(14)31;1-2-4-6-5-3-1/h2*7-10H,1-6H3;1-6H. The largest absolute Gasteiger partial charge is 0.420 e. The van der Waals surface area contributed by atoms with Crippen molar-refractivity contribution >= 4 is 71.1 Å². The number of hydrogen-bond acceptors (Lipinski definition) is 2. The van der Waals surface area contributed by atoms with Crippen molar-refractivity contribution in [3.8, 4) is 0 Å². The van der Waals surface area contributed by atoms with Gasteiger partial charge in [0.05, 0.1) is 31.2 Å². The highest BCUT2D eigenvalue weighted by Gasteiger charge is 2.71. The Kier molecular flexibility index (Phi) is 17.2. The summed E-state index contributed by atoms with van der Waals surface area (Å²) in [7, 11) is -7.07. The Morgan fingerprint density at radius 1 is 0.238 bits per heavy atom. The van der Waals surface area contributed by atoms with Crippen LogP contribution < -0.4 is 43.4 Å². The molecule has 0 spiro atoms. The van der Waals surface area contributed by atoms with Crippen molar-refractivity contribution in [2.45, 2.75) is 104 Å². The summed E-state index contributed by atoms with van der Waals surface area (Å²) in [6.07, 6.45) is -9.00. The molecule has 450 valence electrons. The van der Waals surface area contributed by atoms with Crippen LogP contribution >= 0.6 is 15.0 Å². The van der Waals surface area contributed by atoms with Gasteiger partial charge in [0, 0.05) is 0 Å². The molecule has 2 aliphatic rings. The number of hydrogen-bond donors (Lipinski definition) is 0. The van der Waals surface area contributed by atoms with Crippen LogP contribution in [0.1, 0.15) is 83.1 Å². The molecule has 0 aromatic heterocycles. The zero-order valence-electron chi connectivity index (χ0n) is 46.5. The molecular formula is C58H50B2F20O2P2. The van der Waals surface area contributed by atoms with Crippen molar-refractivity contribution in [1.29, 1.82) is 0 Å². The number of rotatable bonds is 4. The molecular weight excluding hydrogens is 1190 g/mol. The molecule has 0 amide bonds. The highest BCUT2D eigenvalue weighted by atomic mass is 31.2. The van der Waals surface area contributed by atoms with Gasteiger partial charge in [-0.2, -0.15) is 0 Å². The van der Waals surface area contributed by atoms with Gasteiger partial charge in [-0.1, -0.05) is 94.6 Å². The van der Waals surface area contributed by atoms with Gasteiger partial charge in [-0.3, -0.25) is 0 Å². The van der Waals surface area contributed by atoms with Gasteiger partial charge in [-0.15, -0.1) is 10.9 Å². The first-order chi connectivity index (χ1) is 38.6. The molecule has 0 aliphatic carbocycles. The Morgan fingerprint density at radius 3 is 0.560 bits per heavy atom. The fourth-order valence-electron chi connectivity index (χ4n) is 12.4. The summed E-state index contributed by atoms with van der Waals surface area (Å²) >= 11 is 0. The van der Waals surface area contributed by atoms with Gasteiger partial charge in [-0.05, 0) is 95.2 Å². The Morgan fingerprint density at radius 2 is 0.393 bits per heavy atom. The van der Waals surface area contributed by atoms with E-state index in [1.807, 2.05) is 36.4 Å². The number of benzene rings is 7. The molecule has 2 nitrogen and oxygen atoms in total. The lowest BCUT2D eigenvalue weighted by molar-refractivity contribution is 0.378. The van der Waals surface area contributed by atoms with Crippen LogP contribution in [0.2, 0.25) is 0 Å². The van der Waals surface area contributed by atoms with Gasteiger partial charge in [-0.25, -0.2) is 87.8 Å². The maximum absolute atomic E-state index is 15.6. The molecule has 26 heteroatoms. The number of halogens is 20. The molecule has 0 bridgehead atoms. The van der Waals surface area contributed by atoms with Gasteiger partial charge < -0.3 is 8.88 Å². The smallest absolute Gasteiger partial charge is 0.261 e. The molecule has 0 saturated heterocycles. The molecule has 2 heterocycles. The normalized spacial score (nSPS) is 15.9. The maximum atomic E-state index is 15.6. The van der Waals surface area contributed by atoms with Crippen LogP contribution in [0.15, 0.2) is 84.9 Å². The van der Waals surface area contributed by atoms with Crippen molar-refractivity contribution in [1.82, 2.24) is 0 Å². The van der Waals surface area contributed by atoms with E-state index < -0.39 is 197 Å². The zero-order valence-corrected chi connectivity index (χ0v) is 48.3. The van der Waals surface area contributed by atoms with Crippen molar-refractivity contribution in [3.63, 3.8) is 0 Å². The summed E-state index contributed by atoms with van der Waals surface area (Å²) in [4.78, 5) is 0. The van der Waals surface area contributed by atoms with Crippen LogP contribution in [-0.2, 0) is 8.88 Å². The second-order valence-electron chi connectivity index (χ2n) is 23.9. The van der Waals surface area contributed by atoms with E-state index in [-0.39, 0.29) is 10.6 Å². The van der Waals surface area contributed by atoms with Gasteiger partial charge in [0.15, 0.2) is 69.8 Å². The molecule has 0 N–H and O–H groups in total. The lowest BCUT2D eigenvalue weighted by atomic mass is 9.28. The van der Waals surface area contributed by atoms with Crippen molar-refractivity contribution in [2.24, 2.45) is 0 Å². The van der Waals surface area contributed by atoms with E-state index in [2.05, 4.69) is 0 Å². The summed E-state index contributed by atoms with van der Waals surface area (Å²) in [5.41, 5.74) is -8.26. The molecule has 0 fully saturated rings. The van der Waals surface area contributed by atoms with E-state index in [0.29, 0.717) is 0 Å². The van der Waals surface area contributed by atoms with E-state index >= 15 is 35.1 Å². The maximum Gasteiger partial charge on any atom is 0.261 e. The number of fused-ring (bicyclic) bond motifs is 2. The Hall–Kier alpha value is -5.95. The molecule has 0 unspecified atom stereocenters. The SMILES string of the molecule is CC(C)(C)[P+]1(C(C)(C)C)O[B-](c2c(F)c(F)c(F)c(F)c2F)(c2c(F)c(F)c(F)c(F)c2F)c2ccccc21.CC(C)(C)[P+]1(C(C)(C)C)O[B-](c2c(F)c(F)c(F)c(F)c2F)(c2c(F)c(F)c(F)c(F)c2F)c2ccccc21.c1ccccc1. The van der Waals surface area contributed by atoms with Crippen LogP contribution in [-0.4, -0.2) is 33.3 Å². The third kappa shape index (κ3) is 9.35. The minimum absolute atomic E-state index is 0.123. The predicted octanol–water partition coefficient (Wildman–Crippen LogP) is 14.1. The van der Waals surface area contributed by atoms with Gasteiger partial charge in [0.2, 0.25) is 0 Å². The molecule has 7 aromatic rings. The average molecular weight is 1240 g/mol. The topological polar surface area (TPSA) is 18.5 Å². The second-order valence-corrected chi connectivity index (χ2v) is 33.1. The van der Waals surface area contributed by atoms with Crippen LogP contribution in [0.3, 0.4) is 0 Å². The van der Waals surface area contributed by atoms with Gasteiger partial charge in [0.25, 0.3) is 12.7 Å². The summed E-state index contributed by atoms with van der Waals surface area (Å²) in [5.74, 6) is -50.3. The molecule has 9 rings (SSSR count). The molecule has 84 heavy (non-hydrogen) atoms. The summed E-state index contributed by atoms with van der Waals surface area (Å²) in [5, 5.41) is -3.92. The van der Waals surface area contributed by atoms with Crippen molar-refractivity contribution < 1.29 is 96.7 Å². The fraction of sp³-hybridized carbons (Fsp3) is 0.276. The first-order valence-corrected chi connectivity index (χ1v) is 28.8. The third-order valence-electron chi connectivity index (χ3n) is 15.1. The van der Waals surface area contributed by atoms with Crippen molar-refractivity contribution in [2.75, 3.05) is 0 Å². The van der Waals surface area contributed by atoms with Crippen LogP contribution in [0, 0.1) is 116 Å². The predicted molar refractivity (Wildman–Crippen MR) is 288 cm³/mol. The first kappa shape index (κ1) is 65.6. The Labute approximate surface area is 471 Å². The third-order valence-corrected chi connectivity index (χ3v) is 26.1. The van der Waals surface area contributed by atoms with Gasteiger partial charge in [0.1, 0.15) is 61.5 Å². The van der Waals surface area contributed by atoms with Crippen LogP contribution in [0.5, 0.6) is 0 Å².